The summed E-state index contributed by atoms with van der Waals surface area (Å²) in [6, 6.07) is 1.92. The van der Waals surface area contributed by atoms with Crippen molar-refractivity contribution in [3.8, 4) is 17.9 Å². The SMILES string of the molecule is CC#Cc1[nH]cnc1C#N. The summed E-state index contributed by atoms with van der Waals surface area (Å²) in [5.74, 6) is 5.39. The number of aromatic amines is 1. The van der Waals surface area contributed by atoms with Gasteiger partial charge in [-0.3, -0.25) is 0 Å². The molecule has 1 N–H and O–H groups in total. The first-order chi connectivity index (χ1) is 4.88. The first-order valence-electron chi connectivity index (χ1n) is 2.74. The number of nitriles is 1. The van der Waals surface area contributed by atoms with Gasteiger partial charge >= 0.3 is 0 Å². The van der Waals surface area contributed by atoms with Gasteiger partial charge in [0.15, 0.2) is 5.69 Å². The van der Waals surface area contributed by atoms with Gasteiger partial charge in [-0.25, -0.2) is 4.98 Å². The van der Waals surface area contributed by atoms with Gasteiger partial charge in [0.25, 0.3) is 0 Å². The van der Waals surface area contributed by atoms with E-state index in [4.69, 9.17) is 5.26 Å². The van der Waals surface area contributed by atoms with E-state index in [2.05, 4.69) is 21.8 Å². The molecule has 0 atom stereocenters. The molecule has 0 saturated carbocycles. The summed E-state index contributed by atoms with van der Waals surface area (Å²) in [5.41, 5.74) is 0.944. The highest BCUT2D eigenvalue weighted by molar-refractivity contribution is 5.38. The van der Waals surface area contributed by atoms with Gasteiger partial charge in [-0.1, -0.05) is 5.92 Å². The Bertz CT molecular complexity index is 319. The van der Waals surface area contributed by atoms with Gasteiger partial charge in [0.1, 0.15) is 11.8 Å². The van der Waals surface area contributed by atoms with Crippen LogP contribution in [0.1, 0.15) is 18.3 Å². The minimum atomic E-state index is 0.356. The molecule has 0 aliphatic heterocycles. The smallest absolute Gasteiger partial charge is 0.174 e. The minimum Gasteiger partial charge on any atom is -0.337 e. The molecule has 0 amide bonds. The van der Waals surface area contributed by atoms with E-state index in [1.165, 1.54) is 6.33 Å². The van der Waals surface area contributed by atoms with Crippen LogP contribution in [0.3, 0.4) is 0 Å². The summed E-state index contributed by atoms with van der Waals surface area (Å²) in [6.07, 6.45) is 1.46. The number of H-pyrrole nitrogens is 1. The molecule has 1 aromatic heterocycles. The Labute approximate surface area is 58.7 Å². The van der Waals surface area contributed by atoms with Crippen LogP contribution in [0.25, 0.3) is 0 Å². The second-order valence-electron chi connectivity index (χ2n) is 1.61. The van der Waals surface area contributed by atoms with E-state index in [0.29, 0.717) is 11.4 Å². The zero-order chi connectivity index (χ0) is 7.40. The van der Waals surface area contributed by atoms with Crippen LogP contribution in [0.15, 0.2) is 6.33 Å². The number of nitrogens with one attached hydrogen (secondary N) is 1. The molecule has 0 bridgehead atoms. The van der Waals surface area contributed by atoms with E-state index in [1.807, 2.05) is 6.07 Å². The van der Waals surface area contributed by atoms with Crippen molar-refractivity contribution >= 4 is 0 Å². The molecule has 0 aliphatic rings. The number of hydrogen-bond donors (Lipinski definition) is 1. The summed E-state index contributed by atoms with van der Waals surface area (Å²) in [7, 11) is 0. The third kappa shape index (κ3) is 0.985. The van der Waals surface area contributed by atoms with Crippen LogP contribution in [0.2, 0.25) is 0 Å². The summed E-state index contributed by atoms with van der Waals surface area (Å²) < 4.78 is 0. The summed E-state index contributed by atoms with van der Waals surface area (Å²) >= 11 is 0. The summed E-state index contributed by atoms with van der Waals surface area (Å²) in [4.78, 5) is 6.48. The van der Waals surface area contributed by atoms with Crippen molar-refractivity contribution in [2.24, 2.45) is 0 Å². The van der Waals surface area contributed by atoms with Crippen LogP contribution in [0.5, 0.6) is 0 Å². The van der Waals surface area contributed by atoms with Crippen molar-refractivity contribution in [1.82, 2.24) is 9.97 Å². The molecule has 48 valence electrons. The molecular formula is C7H5N3. The average Bonchev–Trinajstić information content (AvgIpc) is 2.36. The Balaban J connectivity index is 3.13. The normalized spacial score (nSPS) is 7.60. The zero-order valence-electron chi connectivity index (χ0n) is 5.47. The van der Waals surface area contributed by atoms with E-state index in [0.717, 1.165) is 0 Å². The lowest BCUT2D eigenvalue weighted by Gasteiger charge is -1.77. The highest BCUT2D eigenvalue weighted by Crippen LogP contribution is 1.96. The van der Waals surface area contributed by atoms with Crippen molar-refractivity contribution in [3.63, 3.8) is 0 Å². The number of nitrogens with zero attached hydrogens (tertiary/aromatic N) is 2. The van der Waals surface area contributed by atoms with Gasteiger partial charge in [0.05, 0.1) is 6.33 Å². The van der Waals surface area contributed by atoms with Crippen molar-refractivity contribution in [2.75, 3.05) is 0 Å². The Morgan fingerprint density at radius 1 is 1.70 bits per heavy atom. The van der Waals surface area contributed by atoms with Crippen LogP contribution in [-0.2, 0) is 0 Å². The molecular weight excluding hydrogens is 126 g/mol. The molecule has 3 heteroatoms. The van der Waals surface area contributed by atoms with Crippen LogP contribution in [0.4, 0.5) is 0 Å². The largest absolute Gasteiger partial charge is 0.337 e. The number of aromatic nitrogens is 2. The second kappa shape index (κ2) is 2.70. The van der Waals surface area contributed by atoms with Crippen molar-refractivity contribution < 1.29 is 0 Å². The van der Waals surface area contributed by atoms with E-state index in [-0.39, 0.29) is 0 Å². The van der Waals surface area contributed by atoms with Gasteiger partial charge in [-0.2, -0.15) is 5.26 Å². The van der Waals surface area contributed by atoms with Crippen LogP contribution < -0.4 is 0 Å². The summed E-state index contributed by atoms with van der Waals surface area (Å²) in [5, 5.41) is 8.43. The van der Waals surface area contributed by atoms with Crippen molar-refractivity contribution in [2.45, 2.75) is 6.92 Å². The second-order valence-corrected chi connectivity index (χ2v) is 1.61. The molecule has 0 aliphatic carbocycles. The predicted molar refractivity (Wildman–Crippen MR) is 35.9 cm³/mol. The van der Waals surface area contributed by atoms with Gasteiger partial charge in [0.2, 0.25) is 0 Å². The fraction of sp³-hybridized carbons (Fsp3) is 0.143. The van der Waals surface area contributed by atoms with E-state index < -0.39 is 0 Å². The lowest BCUT2D eigenvalue weighted by atomic mass is 10.3. The quantitative estimate of drug-likeness (QED) is 0.525. The first kappa shape index (κ1) is 6.38. The van der Waals surface area contributed by atoms with Gasteiger partial charge in [-0.15, -0.1) is 0 Å². The van der Waals surface area contributed by atoms with Crippen LogP contribution >= 0.6 is 0 Å². The van der Waals surface area contributed by atoms with Gasteiger partial charge in [-0.05, 0) is 12.8 Å². The summed E-state index contributed by atoms with van der Waals surface area (Å²) in [6.45, 7) is 1.71. The molecule has 1 heterocycles. The van der Waals surface area contributed by atoms with Crippen molar-refractivity contribution in [1.29, 1.82) is 5.26 Å². The molecule has 3 nitrogen and oxygen atoms in total. The molecule has 0 spiro atoms. The lowest BCUT2D eigenvalue weighted by Crippen LogP contribution is -1.78. The van der Waals surface area contributed by atoms with E-state index in [1.54, 1.807) is 6.92 Å². The van der Waals surface area contributed by atoms with Gasteiger partial charge < -0.3 is 4.98 Å². The van der Waals surface area contributed by atoms with Crippen LogP contribution in [0, 0.1) is 23.2 Å². The maximum atomic E-state index is 8.43. The maximum absolute atomic E-state index is 8.43. The van der Waals surface area contributed by atoms with Crippen molar-refractivity contribution in [3.05, 3.63) is 17.7 Å². The minimum absolute atomic E-state index is 0.356. The third-order valence-corrected chi connectivity index (χ3v) is 0.995. The highest BCUT2D eigenvalue weighted by Gasteiger charge is 1.98. The first-order valence-corrected chi connectivity index (χ1v) is 2.74. The Hall–Kier alpha value is -1.74. The Kier molecular flexibility index (Phi) is 1.72. The molecule has 0 fully saturated rings. The fourth-order valence-corrected chi connectivity index (χ4v) is 0.599. The fourth-order valence-electron chi connectivity index (χ4n) is 0.599. The molecule has 1 rings (SSSR count). The Morgan fingerprint density at radius 2 is 2.50 bits per heavy atom. The predicted octanol–water partition coefficient (Wildman–Crippen LogP) is 0.653. The number of rotatable bonds is 0. The molecule has 1 aromatic rings. The molecule has 0 aromatic carbocycles. The topological polar surface area (TPSA) is 52.5 Å². The molecule has 0 unspecified atom stereocenters. The number of hydrogen-bond acceptors (Lipinski definition) is 2. The lowest BCUT2D eigenvalue weighted by molar-refractivity contribution is 1.29. The average molecular weight is 131 g/mol. The Morgan fingerprint density at radius 3 is 3.10 bits per heavy atom. The standard InChI is InChI=1S/C7H5N3/c1-2-3-6-7(4-8)10-5-9-6/h5H,1H3,(H,9,10). The van der Waals surface area contributed by atoms with E-state index in [9.17, 15) is 0 Å². The zero-order valence-corrected chi connectivity index (χ0v) is 5.47. The maximum Gasteiger partial charge on any atom is 0.174 e. The third-order valence-electron chi connectivity index (χ3n) is 0.995. The highest BCUT2D eigenvalue weighted by atomic mass is 14.9. The van der Waals surface area contributed by atoms with E-state index >= 15 is 0 Å². The molecule has 0 radical (unpaired) electrons. The molecule has 10 heavy (non-hydrogen) atoms. The number of imidazole rings is 1. The monoisotopic (exact) mass is 131 g/mol. The van der Waals surface area contributed by atoms with Gasteiger partial charge in [0, 0.05) is 0 Å². The van der Waals surface area contributed by atoms with Crippen LogP contribution in [-0.4, -0.2) is 9.97 Å². The molecule has 0 saturated heterocycles.